The maximum Gasteiger partial charge on any atom is 0.160 e. The molecule has 3 heterocycles. The quantitative estimate of drug-likeness (QED) is 0.182. The predicted octanol–water partition coefficient (Wildman–Crippen LogP) is 11.6. The van der Waals surface area contributed by atoms with Gasteiger partial charge in [0.25, 0.3) is 0 Å². The summed E-state index contributed by atoms with van der Waals surface area (Å²) in [6.45, 7) is 0. The standard InChI is InChI=1S/C46H28F2N4/c47-32-20-14-29(15-21-32)40-28-41(50-46(49-40)31-16-22-33(48)23-17-31)30-18-24-35(25-19-30)52-43-13-7-5-11-37(43)39-27-26-38-36-10-4-6-12-42(36)51(44(38)45(39)52)34-8-2-1-3-9-34/h2,4-14,16-29H,15H2. The Labute approximate surface area is 298 Å². The Hall–Kier alpha value is -6.84. The highest BCUT2D eigenvalue weighted by Crippen LogP contribution is 2.42. The molecule has 0 amide bonds. The zero-order chi connectivity index (χ0) is 34.8. The molecule has 10 rings (SSSR count). The number of benzene rings is 5. The van der Waals surface area contributed by atoms with Crippen molar-refractivity contribution in [1.29, 1.82) is 0 Å². The number of para-hydroxylation sites is 2. The van der Waals surface area contributed by atoms with Gasteiger partial charge in [0.15, 0.2) is 5.82 Å². The van der Waals surface area contributed by atoms with E-state index in [4.69, 9.17) is 9.97 Å². The lowest BCUT2D eigenvalue weighted by Crippen LogP contribution is -2.04. The Morgan fingerprint density at radius 1 is 0.615 bits per heavy atom. The Morgan fingerprint density at radius 2 is 1.27 bits per heavy atom. The van der Waals surface area contributed by atoms with Crippen LogP contribution in [0.15, 0.2) is 158 Å². The normalized spacial score (nSPS) is 14.3. The van der Waals surface area contributed by atoms with Gasteiger partial charge in [-0.05, 0) is 85.3 Å². The van der Waals surface area contributed by atoms with Gasteiger partial charge in [0.2, 0.25) is 0 Å². The van der Waals surface area contributed by atoms with Gasteiger partial charge in [-0.2, -0.15) is 0 Å². The number of halogens is 2. The lowest BCUT2D eigenvalue weighted by atomic mass is 9.95. The molecule has 0 saturated carbocycles. The van der Waals surface area contributed by atoms with Crippen molar-refractivity contribution in [1.82, 2.24) is 19.1 Å². The van der Waals surface area contributed by atoms with E-state index in [1.165, 1.54) is 34.4 Å². The van der Waals surface area contributed by atoms with Crippen molar-refractivity contribution in [2.24, 2.45) is 0 Å². The Balaban J connectivity index is 1.18. The van der Waals surface area contributed by atoms with Crippen LogP contribution in [0.4, 0.5) is 8.78 Å². The molecule has 246 valence electrons. The largest absolute Gasteiger partial charge is 0.307 e. The van der Waals surface area contributed by atoms with E-state index in [9.17, 15) is 8.78 Å². The smallest absolute Gasteiger partial charge is 0.160 e. The lowest BCUT2D eigenvalue weighted by molar-refractivity contribution is 0.628. The second kappa shape index (κ2) is 11.9. The summed E-state index contributed by atoms with van der Waals surface area (Å²) in [5.41, 5.74) is 9.63. The number of hydrogen-bond donors (Lipinski definition) is 0. The van der Waals surface area contributed by atoms with E-state index in [-0.39, 0.29) is 17.6 Å². The van der Waals surface area contributed by atoms with Gasteiger partial charge in [-0.1, -0.05) is 78.9 Å². The van der Waals surface area contributed by atoms with E-state index in [0.717, 1.165) is 55.8 Å². The maximum absolute atomic E-state index is 13.9. The number of allylic oxidation sites excluding steroid dienone is 4. The van der Waals surface area contributed by atoms with Crippen molar-refractivity contribution in [3.05, 3.63) is 181 Å². The molecule has 0 radical (unpaired) electrons. The second-order valence-electron chi connectivity index (χ2n) is 13.1. The molecule has 0 bridgehead atoms. The van der Waals surface area contributed by atoms with Gasteiger partial charge in [0.1, 0.15) is 11.6 Å². The molecule has 0 N–H and O–H groups in total. The van der Waals surface area contributed by atoms with E-state index >= 15 is 0 Å². The SMILES string of the molecule is FC1=CCC(c2cc(-c3ccc(-n4c5ccccc5c5ccc6c7ccccc7n(-c7cc#ccc7)c6c54)cc3)nc(-c3ccc(F)cc3)n2)C=C1. The number of rotatable bonds is 5. The van der Waals surface area contributed by atoms with Crippen molar-refractivity contribution in [2.75, 3.05) is 0 Å². The van der Waals surface area contributed by atoms with Crippen LogP contribution in [0.25, 0.3) is 77.6 Å². The minimum atomic E-state index is -0.324. The summed E-state index contributed by atoms with van der Waals surface area (Å²) < 4.78 is 32.4. The van der Waals surface area contributed by atoms with Crippen molar-refractivity contribution < 1.29 is 8.78 Å². The van der Waals surface area contributed by atoms with Gasteiger partial charge in [-0.25, -0.2) is 18.7 Å². The molecule has 1 aliphatic rings. The highest BCUT2D eigenvalue weighted by atomic mass is 19.1. The van der Waals surface area contributed by atoms with Gasteiger partial charge in [-0.15, -0.1) is 0 Å². The lowest BCUT2D eigenvalue weighted by Gasteiger charge is -2.16. The minimum Gasteiger partial charge on any atom is -0.307 e. The van der Waals surface area contributed by atoms with Crippen molar-refractivity contribution >= 4 is 43.6 Å². The molecule has 4 nitrogen and oxygen atoms in total. The molecule has 3 aromatic heterocycles. The molecule has 9 aromatic rings. The Bertz CT molecular complexity index is 2880. The first-order valence-corrected chi connectivity index (χ1v) is 17.2. The fourth-order valence-corrected chi connectivity index (χ4v) is 7.64. The average molecular weight is 675 g/mol. The van der Waals surface area contributed by atoms with Crippen molar-refractivity contribution in [3.8, 4) is 34.0 Å². The van der Waals surface area contributed by atoms with Crippen LogP contribution in [-0.2, 0) is 0 Å². The first-order valence-electron chi connectivity index (χ1n) is 17.2. The molecule has 52 heavy (non-hydrogen) atoms. The summed E-state index contributed by atoms with van der Waals surface area (Å²) in [6.07, 6.45) is 5.40. The first kappa shape index (κ1) is 30.0. The summed E-state index contributed by atoms with van der Waals surface area (Å²) in [4.78, 5) is 9.82. The minimum absolute atomic E-state index is 0.105. The van der Waals surface area contributed by atoms with Crippen LogP contribution in [0, 0.1) is 17.9 Å². The monoisotopic (exact) mass is 674 g/mol. The predicted molar refractivity (Wildman–Crippen MR) is 205 cm³/mol. The average Bonchev–Trinajstić information content (AvgIpc) is 3.72. The number of hydrogen-bond acceptors (Lipinski definition) is 2. The van der Waals surface area contributed by atoms with E-state index in [2.05, 4.69) is 112 Å². The summed E-state index contributed by atoms with van der Waals surface area (Å²) in [6, 6.07) is 50.4. The van der Waals surface area contributed by atoms with Crippen LogP contribution in [0.2, 0.25) is 0 Å². The third-order valence-electron chi connectivity index (χ3n) is 10.1. The molecule has 1 aliphatic carbocycles. The Kier molecular flexibility index (Phi) is 6.87. The Morgan fingerprint density at radius 3 is 1.90 bits per heavy atom. The van der Waals surface area contributed by atoms with Crippen LogP contribution >= 0.6 is 0 Å². The van der Waals surface area contributed by atoms with Crippen LogP contribution < -0.4 is 0 Å². The molecule has 0 saturated heterocycles. The van der Waals surface area contributed by atoms with E-state index in [1.54, 1.807) is 18.2 Å². The summed E-state index contributed by atoms with van der Waals surface area (Å²) in [5.74, 6) is -0.182. The summed E-state index contributed by atoms with van der Waals surface area (Å²) in [5, 5.41) is 4.69. The molecule has 0 spiro atoms. The van der Waals surface area contributed by atoms with Gasteiger partial charge in [0.05, 0.1) is 39.1 Å². The van der Waals surface area contributed by atoms with E-state index < -0.39 is 0 Å². The molecule has 1 atom stereocenters. The van der Waals surface area contributed by atoms with Crippen molar-refractivity contribution in [3.63, 3.8) is 0 Å². The summed E-state index contributed by atoms with van der Waals surface area (Å²) >= 11 is 0. The number of aromatic nitrogens is 4. The third kappa shape index (κ3) is 4.82. The van der Waals surface area contributed by atoms with E-state index in [0.29, 0.717) is 17.8 Å². The first-order chi connectivity index (χ1) is 25.6. The van der Waals surface area contributed by atoms with Gasteiger partial charge in [0, 0.05) is 50.3 Å². The van der Waals surface area contributed by atoms with Crippen LogP contribution in [-0.4, -0.2) is 19.1 Å². The van der Waals surface area contributed by atoms with Gasteiger partial charge < -0.3 is 9.13 Å². The second-order valence-corrected chi connectivity index (χ2v) is 13.1. The van der Waals surface area contributed by atoms with E-state index in [1.807, 2.05) is 24.3 Å². The molecule has 0 fully saturated rings. The number of nitrogens with zero attached hydrogens (tertiary/aromatic N) is 4. The summed E-state index contributed by atoms with van der Waals surface area (Å²) in [7, 11) is 0. The molecule has 0 aliphatic heterocycles. The molecular weight excluding hydrogens is 647 g/mol. The van der Waals surface area contributed by atoms with Crippen molar-refractivity contribution in [2.45, 2.75) is 12.3 Å². The van der Waals surface area contributed by atoms with Gasteiger partial charge in [-0.3, -0.25) is 0 Å². The highest BCUT2D eigenvalue weighted by Gasteiger charge is 2.22. The fourth-order valence-electron chi connectivity index (χ4n) is 7.64. The maximum atomic E-state index is 13.9. The van der Waals surface area contributed by atoms with Crippen LogP contribution in [0.5, 0.6) is 0 Å². The zero-order valence-electron chi connectivity index (χ0n) is 27.8. The highest BCUT2D eigenvalue weighted by molar-refractivity contribution is 6.23. The van der Waals surface area contributed by atoms with Gasteiger partial charge >= 0.3 is 0 Å². The fraction of sp³-hybridized carbons (Fsp3) is 0.0435. The molecule has 6 heteroatoms. The molecule has 6 aromatic carbocycles. The zero-order valence-corrected chi connectivity index (χ0v) is 27.8. The topological polar surface area (TPSA) is 35.6 Å². The van der Waals surface area contributed by atoms with Crippen LogP contribution in [0.1, 0.15) is 18.0 Å². The number of fused-ring (bicyclic) bond motifs is 7. The molecular formula is C46H28F2N4. The molecule has 1 unspecified atom stereocenters. The van der Waals surface area contributed by atoms with Crippen LogP contribution in [0.3, 0.4) is 0 Å². The third-order valence-corrected chi connectivity index (χ3v) is 10.1.